The number of hydrogen-bond donors (Lipinski definition) is 2. The van der Waals surface area contributed by atoms with Crippen LogP contribution in [0.1, 0.15) is 24.6 Å². The van der Waals surface area contributed by atoms with Gasteiger partial charge in [0.1, 0.15) is 0 Å². The van der Waals surface area contributed by atoms with E-state index in [-0.39, 0.29) is 32.0 Å². The number of nitrogens with one attached hydrogen (secondary N) is 2. The highest BCUT2D eigenvalue weighted by Crippen LogP contribution is 2.29. The van der Waals surface area contributed by atoms with Crippen molar-refractivity contribution in [3.05, 3.63) is 21.3 Å². The lowest BCUT2D eigenvalue weighted by molar-refractivity contribution is -0.0494. The minimum absolute atomic E-state index is 0.140. The van der Waals surface area contributed by atoms with Crippen molar-refractivity contribution in [1.82, 2.24) is 14.9 Å². The van der Waals surface area contributed by atoms with Crippen molar-refractivity contribution < 1.29 is 21.6 Å². The fourth-order valence-corrected chi connectivity index (χ4v) is 4.72. The zero-order valence-electron chi connectivity index (χ0n) is 14.7. The smallest absolute Gasteiger partial charge is 0.357 e. The highest BCUT2D eigenvalue weighted by molar-refractivity contribution is 7.90. The molecule has 0 bridgehead atoms. The molecule has 12 heteroatoms. The normalized spacial score (nSPS) is 17.9. The van der Waals surface area contributed by atoms with Crippen molar-refractivity contribution in [2.75, 3.05) is 26.2 Å². The number of sulfonamides is 1. The summed E-state index contributed by atoms with van der Waals surface area (Å²) in [6, 6.07) is 3.63. The maximum absolute atomic E-state index is 12.6. The molecule has 0 unspecified atom stereocenters. The number of halogens is 4. The third kappa shape index (κ3) is 6.23. The second-order valence-corrected chi connectivity index (χ2v) is 9.71. The summed E-state index contributed by atoms with van der Waals surface area (Å²) in [7, 11) is -5.25. The summed E-state index contributed by atoms with van der Waals surface area (Å²) in [6.07, 6.45) is 1.29. The highest BCUT2D eigenvalue weighted by Gasteiger charge is 2.50. The number of nitrogens with zero attached hydrogens (tertiary/aromatic N) is 2. The molecule has 27 heavy (non-hydrogen) atoms. The lowest BCUT2D eigenvalue weighted by Crippen LogP contribution is -2.51. The molecule has 0 saturated carbocycles. The van der Waals surface area contributed by atoms with Crippen LogP contribution in [-0.2, 0) is 16.4 Å². The minimum Gasteiger partial charge on any atom is -0.357 e. The first-order valence-electron chi connectivity index (χ1n) is 8.49. The van der Waals surface area contributed by atoms with Gasteiger partial charge in [-0.1, -0.05) is 11.6 Å². The first-order chi connectivity index (χ1) is 12.6. The Balaban J connectivity index is 1.87. The molecular weight excluding hydrogens is 425 g/mol. The SMILES string of the molecule is CCNC(=NCCc1ccc(Cl)s1)NC1CCN(S(=O)(=O)C(F)(F)F)CC1. The first kappa shape index (κ1) is 22.3. The maximum Gasteiger partial charge on any atom is 0.511 e. The van der Waals surface area contributed by atoms with Crippen molar-refractivity contribution >= 4 is 38.9 Å². The standard InChI is InChI=1S/C15H22ClF3N4O2S2/c1-2-20-14(21-8-5-12-3-4-13(16)26-12)22-11-6-9-23(10-7-11)27(24,25)15(17,18)19/h3-4,11H,2,5-10H2,1H3,(H2,20,21,22). The van der Waals surface area contributed by atoms with Gasteiger partial charge >= 0.3 is 15.5 Å². The van der Waals surface area contributed by atoms with E-state index in [2.05, 4.69) is 15.6 Å². The zero-order valence-corrected chi connectivity index (χ0v) is 17.1. The van der Waals surface area contributed by atoms with Crippen LogP contribution in [0.15, 0.2) is 17.1 Å². The lowest BCUT2D eigenvalue weighted by atomic mass is 10.1. The van der Waals surface area contributed by atoms with Crippen molar-refractivity contribution in [1.29, 1.82) is 0 Å². The van der Waals surface area contributed by atoms with E-state index in [1.54, 1.807) is 0 Å². The van der Waals surface area contributed by atoms with Gasteiger partial charge in [-0.25, -0.2) is 8.42 Å². The summed E-state index contributed by atoms with van der Waals surface area (Å²) in [5, 5.41) is 6.26. The highest BCUT2D eigenvalue weighted by atomic mass is 35.5. The van der Waals surface area contributed by atoms with Crippen molar-refractivity contribution in [2.24, 2.45) is 4.99 Å². The Morgan fingerprint density at radius 2 is 2.04 bits per heavy atom. The van der Waals surface area contributed by atoms with E-state index < -0.39 is 15.5 Å². The largest absolute Gasteiger partial charge is 0.511 e. The molecule has 1 saturated heterocycles. The lowest BCUT2D eigenvalue weighted by Gasteiger charge is -2.32. The maximum atomic E-state index is 12.6. The Kier molecular flexibility index (Phi) is 7.78. The third-order valence-electron chi connectivity index (χ3n) is 4.03. The van der Waals surface area contributed by atoms with E-state index in [1.165, 1.54) is 11.3 Å². The molecule has 1 aromatic rings. The molecule has 0 amide bonds. The summed E-state index contributed by atoms with van der Waals surface area (Å²) < 4.78 is 62.0. The number of thiophene rings is 1. The van der Waals surface area contributed by atoms with Crippen molar-refractivity contribution in [3.63, 3.8) is 0 Å². The Labute approximate surface area is 165 Å². The minimum atomic E-state index is -5.26. The molecule has 1 aliphatic rings. The molecule has 2 heterocycles. The Bertz CT molecular complexity index is 744. The molecule has 1 aromatic heterocycles. The molecule has 0 atom stereocenters. The average Bonchev–Trinajstić information content (AvgIpc) is 3.00. The van der Waals surface area contributed by atoms with Gasteiger partial charge in [-0.3, -0.25) is 4.99 Å². The van der Waals surface area contributed by atoms with Gasteiger partial charge in [0.05, 0.1) is 4.34 Å². The van der Waals surface area contributed by atoms with Gasteiger partial charge < -0.3 is 10.6 Å². The molecule has 1 aliphatic heterocycles. The molecule has 0 radical (unpaired) electrons. The second kappa shape index (κ2) is 9.44. The van der Waals surface area contributed by atoms with Gasteiger partial charge in [0.2, 0.25) is 0 Å². The van der Waals surface area contributed by atoms with Crippen LogP contribution in [0.25, 0.3) is 0 Å². The van der Waals surface area contributed by atoms with Crippen molar-refractivity contribution in [3.8, 4) is 0 Å². The molecule has 0 aromatic carbocycles. The number of alkyl halides is 3. The van der Waals surface area contributed by atoms with E-state index in [4.69, 9.17) is 11.6 Å². The fourth-order valence-electron chi connectivity index (χ4n) is 2.66. The predicted octanol–water partition coefficient (Wildman–Crippen LogP) is 2.81. The molecular formula is C15H22ClF3N4O2S2. The van der Waals surface area contributed by atoms with E-state index >= 15 is 0 Å². The van der Waals surface area contributed by atoms with Gasteiger partial charge in [0.15, 0.2) is 5.96 Å². The van der Waals surface area contributed by atoms with E-state index in [9.17, 15) is 21.6 Å². The number of hydrogen-bond acceptors (Lipinski definition) is 4. The molecule has 6 nitrogen and oxygen atoms in total. The van der Waals surface area contributed by atoms with Crippen LogP contribution in [0.3, 0.4) is 0 Å². The summed E-state index contributed by atoms with van der Waals surface area (Å²) in [5.41, 5.74) is -5.26. The van der Waals surface area contributed by atoms with Gasteiger partial charge in [-0.15, -0.1) is 11.3 Å². The molecule has 0 spiro atoms. The number of piperidine rings is 1. The zero-order chi connectivity index (χ0) is 20.1. The quantitative estimate of drug-likeness (QED) is 0.520. The van der Waals surface area contributed by atoms with Crippen LogP contribution in [0.4, 0.5) is 13.2 Å². The molecule has 1 fully saturated rings. The number of guanidine groups is 1. The summed E-state index contributed by atoms with van der Waals surface area (Å²) in [4.78, 5) is 5.58. The van der Waals surface area contributed by atoms with Crippen molar-refractivity contribution in [2.45, 2.75) is 37.7 Å². The topological polar surface area (TPSA) is 73.8 Å². The van der Waals surface area contributed by atoms with Crippen LogP contribution in [-0.4, -0.2) is 56.4 Å². The summed E-state index contributed by atoms with van der Waals surface area (Å²) in [6.45, 7) is 2.74. The van der Waals surface area contributed by atoms with Crippen LogP contribution < -0.4 is 10.6 Å². The molecule has 2 N–H and O–H groups in total. The van der Waals surface area contributed by atoms with E-state index in [0.29, 0.717) is 23.4 Å². The van der Waals surface area contributed by atoms with Crippen LogP contribution >= 0.6 is 22.9 Å². The fraction of sp³-hybridized carbons (Fsp3) is 0.667. The van der Waals surface area contributed by atoms with Gasteiger partial charge in [-0.2, -0.15) is 17.5 Å². The second-order valence-electron chi connectivity index (χ2n) is 5.98. The number of aliphatic imine (C=N–C) groups is 1. The molecule has 154 valence electrons. The Hall–Kier alpha value is -1.04. The van der Waals surface area contributed by atoms with E-state index in [1.807, 2.05) is 19.1 Å². The van der Waals surface area contributed by atoms with Crippen LogP contribution in [0.2, 0.25) is 4.34 Å². The van der Waals surface area contributed by atoms with Crippen LogP contribution in [0.5, 0.6) is 0 Å². The summed E-state index contributed by atoms with van der Waals surface area (Å²) >= 11 is 7.39. The predicted molar refractivity (Wildman–Crippen MR) is 102 cm³/mol. The monoisotopic (exact) mass is 446 g/mol. The van der Waals surface area contributed by atoms with Gasteiger partial charge in [0.25, 0.3) is 0 Å². The van der Waals surface area contributed by atoms with E-state index in [0.717, 1.165) is 15.6 Å². The Morgan fingerprint density at radius 3 is 2.56 bits per heavy atom. The number of rotatable bonds is 6. The average molecular weight is 447 g/mol. The molecule has 0 aliphatic carbocycles. The Morgan fingerprint density at radius 1 is 1.37 bits per heavy atom. The van der Waals surface area contributed by atoms with Gasteiger partial charge in [-0.05, 0) is 31.9 Å². The van der Waals surface area contributed by atoms with Gasteiger partial charge in [0, 0.05) is 43.5 Å². The van der Waals surface area contributed by atoms with Crippen LogP contribution in [0, 0.1) is 0 Å². The molecule has 2 rings (SSSR count). The third-order valence-corrected chi connectivity index (χ3v) is 6.95. The first-order valence-corrected chi connectivity index (χ1v) is 11.1. The summed E-state index contributed by atoms with van der Waals surface area (Å²) in [5.74, 6) is 0.567.